The Morgan fingerprint density at radius 2 is 2.21 bits per heavy atom. The van der Waals surface area contributed by atoms with Crippen molar-refractivity contribution in [1.82, 2.24) is 0 Å². The van der Waals surface area contributed by atoms with E-state index in [0.717, 1.165) is 10.3 Å². The van der Waals surface area contributed by atoms with Crippen molar-refractivity contribution in [3.05, 3.63) is 30.0 Å². The summed E-state index contributed by atoms with van der Waals surface area (Å²) in [5, 5.41) is 9.54. The first-order valence-electron chi connectivity index (χ1n) is 4.01. The van der Waals surface area contributed by atoms with Crippen molar-refractivity contribution >= 4 is 28.7 Å². The molecule has 1 heterocycles. The minimum atomic E-state index is -1.04. The first-order chi connectivity index (χ1) is 6.70. The van der Waals surface area contributed by atoms with Gasteiger partial charge in [-0.05, 0) is 30.5 Å². The highest BCUT2D eigenvalue weighted by Crippen LogP contribution is 2.24. The molecule has 0 atom stereocenters. The van der Waals surface area contributed by atoms with Crippen molar-refractivity contribution in [2.75, 3.05) is 6.26 Å². The van der Waals surface area contributed by atoms with E-state index < -0.39 is 5.97 Å². The monoisotopic (exact) mass is 208 g/mol. The van der Waals surface area contributed by atoms with Crippen LogP contribution < -0.4 is 0 Å². The molecule has 0 saturated carbocycles. The lowest BCUT2D eigenvalue weighted by Gasteiger charge is -1.93. The molecule has 4 heteroatoms. The van der Waals surface area contributed by atoms with Crippen LogP contribution >= 0.6 is 11.8 Å². The van der Waals surface area contributed by atoms with E-state index in [0.29, 0.717) is 5.58 Å². The standard InChI is InChI=1S/C10H8O3S/c1-14-7-2-3-8-6(4-7)5-9(13-8)10(11)12/h2-5H,1H3,(H,11,12). The minimum absolute atomic E-state index is 0.0155. The van der Waals surface area contributed by atoms with Crippen LogP contribution in [0, 0.1) is 0 Å². The summed E-state index contributed by atoms with van der Waals surface area (Å²) in [6, 6.07) is 7.14. The summed E-state index contributed by atoms with van der Waals surface area (Å²) < 4.78 is 5.12. The molecule has 3 nitrogen and oxygen atoms in total. The molecule has 0 aliphatic heterocycles. The maximum absolute atomic E-state index is 10.6. The van der Waals surface area contributed by atoms with E-state index in [1.54, 1.807) is 17.8 Å². The second-order valence-corrected chi connectivity index (χ2v) is 3.70. The lowest BCUT2D eigenvalue weighted by atomic mass is 10.2. The average molecular weight is 208 g/mol. The molecule has 0 fully saturated rings. The van der Waals surface area contributed by atoms with Gasteiger partial charge in [-0.2, -0.15) is 0 Å². The highest BCUT2D eigenvalue weighted by atomic mass is 32.2. The van der Waals surface area contributed by atoms with E-state index in [9.17, 15) is 4.79 Å². The number of benzene rings is 1. The molecule has 0 aliphatic carbocycles. The Hall–Kier alpha value is -1.42. The normalized spacial score (nSPS) is 10.6. The molecule has 14 heavy (non-hydrogen) atoms. The lowest BCUT2D eigenvalue weighted by Crippen LogP contribution is -1.91. The molecule has 0 amide bonds. The van der Waals surface area contributed by atoms with Crippen LogP contribution in [0.15, 0.2) is 33.6 Å². The fourth-order valence-electron chi connectivity index (χ4n) is 1.25. The third-order valence-electron chi connectivity index (χ3n) is 1.93. The summed E-state index contributed by atoms with van der Waals surface area (Å²) in [5.74, 6) is -1.05. The number of furan rings is 1. The van der Waals surface area contributed by atoms with Crippen LogP contribution in [0.3, 0.4) is 0 Å². The van der Waals surface area contributed by atoms with Gasteiger partial charge >= 0.3 is 5.97 Å². The van der Waals surface area contributed by atoms with Crippen LogP contribution in [0.25, 0.3) is 11.0 Å². The molecule has 0 unspecified atom stereocenters. The molecular formula is C10H8O3S. The number of hydrogen-bond donors (Lipinski definition) is 1. The summed E-state index contributed by atoms with van der Waals surface area (Å²) in [6.07, 6.45) is 1.97. The molecule has 72 valence electrons. The summed E-state index contributed by atoms with van der Waals surface area (Å²) in [5.41, 5.74) is 0.611. The zero-order chi connectivity index (χ0) is 10.1. The Morgan fingerprint density at radius 3 is 2.86 bits per heavy atom. The molecule has 0 aliphatic rings. The number of hydrogen-bond acceptors (Lipinski definition) is 3. The molecule has 1 aromatic carbocycles. The Kier molecular flexibility index (Phi) is 2.21. The van der Waals surface area contributed by atoms with E-state index in [2.05, 4.69) is 0 Å². The van der Waals surface area contributed by atoms with Crippen LogP contribution in [0.2, 0.25) is 0 Å². The number of carboxylic acid groups (broad SMARTS) is 1. The van der Waals surface area contributed by atoms with E-state index >= 15 is 0 Å². The van der Waals surface area contributed by atoms with Gasteiger partial charge in [-0.3, -0.25) is 0 Å². The topological polar surface area (TPSA) is 50.4 Å². The van der Waals surface area contributed by atoms with Gasteiger partial charge in [-0.25, -0.2) is 4.79 Å². The second kappa shape index (κ2) is 3.38. The highest BCUT2D eigenvalue weighted by molar-refractivity contribution is 7.98. The van der Waals surface area contributed by atoms with Gasteiger partial charge in [0, 0.05) is 10.3 Å². The Morgan fingerprint density at radius 1 is 1.43 bits per heavy atom. The zero-order valence-electron chi connectivity index (χ0n) is 7.48. The van der Waals surface area contributed by atoms with Crippen LogP contribution in [0.5, 0.6) is 0 Å². The van der Waals surface area contributed by atoms with Crippen molar-refractivity contribution in [3.63, 3.8) is 0 Å². The van der Waals surface area contributed by atoms with Gasteiger partial charge in [0.25, 0.3) is 0 Å². The van der Waals surface area contributed by atoms with Gasteiger partial charge in [0.05, 0.1) is 0 Å². The molecule has 0 radical (unpaired) electrons. The maximum Gasteiger partial charge on any atom is 0.371 e. The molecular weight excluding hydrogens is 200 g/mol. The van der Waals surface area contributed by atoms with Crippen LogP contribution in [-0.4, -0.2) is 17.3 Å². The average Bonchev–Trinajstić information content (AvgIpc) is 2.59. The fraction of sp³-hybridized carbons (Fsp3) is 0.100. The number of carbonyl (C=O) groups is 1. The van der Waals surface area contributed by atoms with Crippen LogP contribution in [-0.2, 0) is 0 Å². The van der Waals surface area contributed by atoms with Crippen molar-refractivity contribution in [2.45, 2.75) is 4.90 Å². The smallest absolute Gasteiger partial charge is 0.371 e. The fourth-order valence-corrected chi connectivity index (χ4v) is 1.70. The number of fused-ring (bicyclic) bond motifs is 1. The SMILES string of the molecule is CSc1ccc2oc(C(=O)O)cc2c1. The number of aromatic carboxylic acids is 1. The quantitative estimate of drug-likeness (QED) is 0.771. The van der Waals surface area contributed by atoms with E-state index in [-0.39, 0.29) is 5.76 Å². The van der Waals surface area contributed by atoms with Gasteiger partial charge < -0.3 is 9.52 Å². The first-order valence-corrected chi connectivity index (χ1v) is 5.24. The maximum atomic E-state index is 10.6. The van der Waals surface area contributed by atoms with Gasteiger partial charge in [-0.1, -0.05) is 0 Å². The highest BCUT2D eigenvalue weighted by Gasteiger charge is 2.09. The Labute approximate surface area is 84.7 Å². The van der Waals surface area contributed by atoms with Crippen LogP contribution in [0.4, 0.5) is 0 Å². The molecule has 0 spiro atoms. The molecule has 0 saturated heterocycles. The van der Waals surface area contributed by atoms with Crippen molar-refractivity contribution in [3.8, 4) is 0 Å². The lowest BCUT2D eigenvalue weighted by molar-refractivity contribution is 0.0665. The summed E-state index contributed by atoms with van der Waals surface area (Å²) >= 11 is 1.61. The van der Waals surface area contributed by atoms with Crippen molar-refractivity contribution in [1.29, 1.82) is 0 Å². The minimum Gasteiger partial charge on any atom is -0.475 e. The first kappa shape index (κ1) is 9.15. The third-order valence-corrected chi connectivity index (χ3v) is 2.66. The number of rotatable bonds is 2. The summed E-state index contributed by atoms with van der Waals surface area (Å²) in [7, 11) is 0. The molecule has 1 aromatic heterocycles. The number of carboxylic acids is 1. The predicted molar refractivity (Wildman–Crippen MR) is 55.0 cm³/mol. The van der Waals surface area contributed by atoms with Gasteiger partial charge in [0.1, 0.15) is 5.58 Å². The summed E-state index contributed by atoms with van der Waals surface area (Å²) in [4.78, 5) is 11.7. The summed E-state index contributed by atoms with van der Waals surface area (Å²) in [6.45, 7) is 0. The second-order valence-electron chi connectivity index (χ2n) is 2.82. The van der Waals surface area contributed by atoms with Crippen LogP contribution in [0.1, 0.15) is 10.6 Å². The number of thioether (sulfide) groups is 1. The molecule has 1 N–H and O–H groups in total. The van der Waals surface area contributed by atoms with Crippen molar-refractivity contribution in [2.24, 2.45) is 0 Å². The zero-order valence-corrected chi connectivity index (χ0v) is 8.30. The molecule has 2 rings (SSSR count). The Bertz CT molecular complexity index is 487. The predicted octanol–water partition coefficient (Wildman–Crippen LogP) is 2.85. The molecule has 2 aromatic rings. The van der Waals surface area contributed by atoms with E-state index in [1.807, 2.05) is 18.4 Å². The van der Waals surface area contributed by atoms with Crippen molar-refractivity contribution < 1.29 is 14.3 Å². The third kappa shape index (κ3) is 1.48. The largest absolute Gasteiger partial charge is 0.475 e. The van der Waals surface area contributed by atoms with E-state index in [4.69, 9.17) is 9.52 Å². The van der Waals surface area contributed by atoms with Gasteiger partial charge in [-0.15, -0.1) is 11.8 Å². The van der Waals surface area contributed by atoms with Gasteiger partial charge in [0.2, 0.25) is 5.76 Å². The molecule has 0 bridgehead atoms. The Balaban J connectivity index is 2.60. The van der Waals surface area contributed by atoms with Gasteiger partial charge in [0.15, 0.2) is 0 Å². The van der Waals surface area contributed by atoms with E-state index in [1.165, 1.54) is 6.07 Å².